The van der Waals surface area contributed by atoms with Gasteiger partial charge in [0, 0.05) is 5.02 Å². The Hall–Kier alpha value is -2.45. The predicted octanol–water partition coefficient (Wildman–Crippen LogP) is -0.352. The number of hydrogen-bond donors (Lipinski definition) is 1. The van der Waals surface area contributed by atoms with E-state index in [9.17, 15) is 14.7 Å². The summed E-state index contributed by atoms with van der Waals surface area (Å²) in [6.07, 6.45) is 0.0185. The molecular formula is C14H13ClN4O4. The molecule has 120 valence electrons. The number of halogens is 1. The van der Waals surface area contributed by atoms with Gasteiger partial charge in [0.25, 0.3) is 5.91 Å². The van der Waals surface area contributed by atoms with Crippen LogP contribution < -0.4 is 20.0 Å². The molecule has 1 aliphatic heterocycles. The molecule has 1 aromatic heterocycles. The summed E-state index contributed by atoms with van der Waals surface area (Å²) >= 11 is 5.81. The van der Waals surface area contributed by atoms with Gasteiger partial charge in [-0.15, -0.1) is 0 Å². The van der Waals surface area contributed by atoms with Crippen molar-refractivity contribution < 1.29 is 23.9 Å². The molecule has 0 saturated carbocycles. The first-order valence-corrected chi connectivity index (χ1v) is 7.23. The molecule has 1 unspecified atom stereocenters. The smallest absolute Gasteiger partial charge is 0.251 e. The molecule has 1 aliphatic rings. The molecule has 9 heteroatoms. The van der Waals surface area contributed by atoms with Gasteiger partial charge in [-0.1, -0.05) is 16.3 Å². The van der Waals surface area contributed by atoms with E-state index in [2.05, 4.69) is 15.1 Å². The van der Waals surface area contributed by atoms with Gasteiger partial charge < -0.3 is 9.63 Å². The molecule has 3 rings (SSSR count). The van der Waals surface area contributed by atoms with Crippen LogP contribution in [0.4, 0.5) is 5.69 Å². The second-order valence-corrected chi connectivity index (χ2v) is 5.55. The summed E-state index contributed by atoms with van der Waals surface area (Å²) in [6, 6.07) is 5.73. The van der Waals surface area contributed by atoms with Crippen LogP contribution in [0.25, 0.3) is 0 Å². The zero-order valence-electron chi connectivity index (χ0n) is 12.2. The number of benzene rings is 1. The van der Waals surface area contributed by atoms with Crippen molar-refractivity contribution in [3.8, 4) is 5.95 Å². The minimum atomic E-state index is -0.701. The van der Waals surface area contributed by atoms with Crippen LogP contribution in [0.1, 0.15) is 12.1 Å². The van der Waals surface area contributed by atoms with Crippen molar-refractivity contribution in [2.24, 2.45) is 7.05 Å². The first kappa shape index (κ1) is 15.4. The average Bonchev–Trinajstić information content (AvgIpc) is 2.98. The van der Waals surface area contributed by atoms with Crippen molar-refractivity contribution in [1.82, 2.24) is 10.6 Å². The first-order valence-electron chi connectivity index (χ1n) is 6.85. The molecule has 2 heterocycles. The van der Waals surface area contributed by atoms with Crippen molar-refractivity contribution in [3.05, 3.63) is 35.0 Å². The van der Waals surface area contributed by atoms with Gasteiger partial charge >= 0.3 is 0 Å². The molecule has 0 spiro atoms. The van der Waals surface area contributed by atoms with Crippen LogP contribution in [0.3, 0.4) is 0 Å². The second-order valence-electron chi connectivity index (χ2n) is 5.11. The number of nitrogens with one attached hydrogen (secondary N) is 1. The molecule has 8 nitrogen and oxygen atoms in total. The van der Waals surface area contributed by atoms with Gasteiger partial charge in [-0.2, -0.15) is 0 Å². The number of aromatic nitrogens is 2. The second kappa shape index (κ2) is 5.98. The third kappa shape index (κ3) is 2.90. The van der Waals surface area contributed by atoms with Crippen LogP contribution in [0, 0.1) is 0 Å². The maximum absolute atomic E-state index is 12.4. The van der Waals surface area contributed by atoms with E-state index in [1.165, 1.54) is 4.68 Å². The largest absolute Gasteiger partial charge is 0.539 e. The Kier molecular flexibility index (Phi) is 4.01. The van der Waals surface area contributed by atoms with E-state index >= 15 is 0 Å². The van der Waals surface area contributed by atoms with Crippen molar-refractivity contribution in [1.29, 1.82) is 0 Å². The number of carbonyl (C=O) groups excluding carboxylic acids is 2. The van der Waals surface area contributed by atoms with E-state index in [0.29, 0.717) is 10.7 Å². The highest BCUT2D eigenvalue weighted by Crippen LogP contribution is 2.24. The van der Waals surface area contributed by atoms with Crippen LogP contribution in [0.15, 0.2) is 28.8 Å². The van der Waals surface area contributed by atoms with Crippen molar-refractivity contribution in [3.63, 3.8) is 0 Å². The summed E-state index contributed by atoms with van der Waals surface area (Å²) in [5, 5.41) is 18.3. The zero-order chi connectivity index (χ0) is 16.6. The lowest BCUT2D eigenvalue weighted by Crippen LogP contribution is -2.42. The zero-order valence-corrected chi connectivity index (χ0v) is 12.9. The van der Waals surface area contributed by atoms with Crippen molar-refractivity contribution in [2.75, 3.05) is 4.90 Å². The first-order chi connectivity index (χ1) is 11.0. The van der Waals surface area contributed by atoms with Crippen LogP contribution >= 0.6 is 11.6 Å². The van der Waals surface area contributed by atoms with Crippen LogP contribution in [0.2, 0.25) is 5.02 Å². The van der Waals surface area contributed by atoms with Gasteiger partial charge in [-0.3, -0.25) is 14.9 Å². The average molecular weight is 337 g/mol. The Morgan fingerprint density at radius 1 is 1.43 bits per heavy atom. The Labute approximate surface area is 136 Å². The number of carbonyl (C=O) groups is 2. The summed E-state index contributed by atoms with van der Waals surface area (Å²) in [6.45, 7) is 0.0803. The van der Waals surface area contributed by atoms with Crippen molar-refractivity contribution >= 4 is 29.1 Å². The van der Waals surface area contributed by atoms with Crippen LogP contribution in [-0.2, 0) is 23.2 Å². The Morgan fingerprint density at radius 2 is 2.13 bits per heavy atom. The lowest BCUT2D eigenvalue weighted by atomic mass is 10.2. The topological polar surface area (TPSA) is 102 Å². The number of anilines is 1. The van der Waals surface area contributed by atoms with E-state index in [-0.39, 0.29) is 30.5 Å². The molecule has 2 aromatic rings. The molecular weight excluding hydrogens is 324 g/mol. The van der Waals surface area contributed by atoms with Gasteiger partial charge in [0.15, 0.2) is 13.0 Å². The molecule has 1 aromatic carbocycles. The van der Waals surface area contributed by atoms with Crippen LogP contribution in [-0.4, -0.2) is 23.1 Å². The number of hydrogen-bond acceptors (Lipinski definition) is 6. The highest BCUT2D eigenvalue weighted by molar-refractivity contribution is 6.30. The fourth-order valence-electron chi connectivity index (χ4n) is 2.39. The third-order valence-electron chi connectivity index (χ3n) is 3.62. The minimum absolute atomic E-state index is 0.0185. The fourth-order valence-corrected chi connectivity index (χ4v) is 2.52. The maximum Gasteiger partial charge on any atom is 0.251 e. The number of imide groups is 1. The molecule has 1 atom stereocenters. The van der Waals surface area contributed by atoms with E-state index in [1.807, 2.05) is 0 Å². The Morgan fingerprint density at radius 3 is 2.74 bits per heavy atom. The quantitative estimate of drug-likeness (QED) is 0.604. The number of amides is 2. The Bertz CT molecular complexity index is 739. The standard InChI is InChI=1S/C14H13ClN4O4/c1-18-11(14(22)23-17-18)7-16-10-6-12(20)19(13(10)21)9-4-2-8(15)3-5-9/h2-5,10,16H,6-7H2,1H3. The molecule has 1 saturated heterocycles. The van der Waals surface area contributed by atoms with Gasteiger partial charge in [0.1, 0.15) is 0 Å². The SMILES string of the molecule is C[n+]1noc([O-])c1CNC1CC(=O)N(c2ccc(Cl)cc2)C1=O. The minimum Gasteiger partial charge on any atom is -0.539 e. The molecule has 2 amide bonds. The normalized spacial score (nSPS) is 18.0. The van der Waals surface area contributed by atoms with Crippen LogP contribution in [0.5, 0.6) is 5.95 Å². The molecule has 1 N–H and O–H groups in total. The molecule has 1 fully saturated rings. The number of rotatable bonds is 4. The molecule has 23 heavy (non-hydrogen) atoms. The lowest BCUT2D eigenvalue weighted by molar-refractivity contribution is -0.746. The summed E-state index contributed by atoms with van der Waals surface area (Å²) in [7, 11) is 1.56. The van der Waals surface area contributed by atoms with E-state index in [1.54, 1.807) is 31.3 Å². The highest BCUT2D eigenvalue weighted by Gasteiger charge is 2.39. The summed E-state index contributed by atoms with van der Waals surface area (Å²) in [5.41, 5.74) is 0.740. The lowest BCUT2D eigenvalue weighted by Gasteiger charge is -2.15. The number of nitrogens with zero attached hydrogens (tertiary/aromatic N) is 3. The van der Waals surface area contributed by atoms with Gasteiger partial charge in [0.05, 0.1) is 30.0 Å². The monoisotopic (exact) mass is 336 g/mol. The highest BCUT2D eigenvalue weighted by atomic mass is 35.5. The Balaban J connectivity index is 1.72. The van der Waals surface area contributed by atoms with E-state index in [0.717, 1.165) is 4.90 Å². The fraction of sp³-hybridized carbons (Fsp3) is 0.286. The summed E-state index contributed by atoms with van der Waals surface area (Å²) < 4.78 is 5.79. The van der Waals surface area contributed by atoms with Gasteiger partial charge in [-0.25, -0.2) is 4.90 Å². The van der Waals surface area contributed by atoms with E-state index in [4.69, 9.17) is 11.6 Å². The summed E-state index contributed by atoms with van der Waals surface area (Å²) in [4.78, 5) is 25.6. The number of aryl methyl sites for hydroxylation is 1. The van der Waals surface area contributed by atoms with Gasteiger partial charge in [0.2, 0.25) is 11.6 Å². The summed E-state index contributed by atoms with van der Waals surface area (Å²) in [5.74, 6) is -1.26. The molecule has 0 aliphatic carbocycles. The molecule has 0 bridgehead atoms. The maximum atomic E-state index is 12.4. The third-order valence-corrected chi connectivity index (χ3v) is 3.87. The van der Waals surface area contributed by atoms with Crippen molar-refractivity contribution in [2.45, 2.75) is 19.0 Å². The van der Waals surface area contributed by atoms with Gasteiger partial charge in [-0.05, 0) is 24.3 Å². The predicted molar refractivity (Wildman–Crippen MR) is 76.3 cm³/mol. The van der Waals surface area contributed by atoms with E-state index < -0.39 is 12.0 Å². The molecule has 0 radical (unpaired) electrons.